The molecule has 0 radical (unpaired) electrons. The van der Waals surface area contributed by atoms with Gasteiger partial charge in [0.05, 0.1) is 18.9 Å². The van der Waals surface area contributed by atoms with E-state index in [9.17, 15) is 4.79 Å². The first-order valence-electron chi connectivity index (χ1n) is 8.39. The molecular weight excluding hydrogens is 316 g/mol. The van der Waals surface area contributed by atoms with Crippen LogP contribution in [0.25, 0.3) is 0 Å². The van der Waals surface area contributed by atoms with E-state index in [4.69, 9.17) is 4.74 Å². The third-order valence-electron chi connectivity index (χ3n) is 3.50. The molecule has 132 valence electrons. The fourth-order valence-electron chi connectivity index (χ4n) is 2.06. The van der Waals surface area contributed by atoms with E-state index in [0.29, 0.717) is 6.61 Å². The van der Waals surface area contributed by atoms with Crippen LogP contribution in [0.1, 0.15) is 32.3 Å². The summed E-state index contributed by atoms with van der Waals surface area (Å²) >= 11 is 0. The SMILES string of the molecule is CCCCOc1cccc(NCC(=O)N/N=C(\C)c2ccncc2)c1. The van der Waals surface area contributed by atoms with Crippen molar-refractivity contribution in [3.05, 3.63) is 54.4 Å². The van der Waals surface area contributed by atoms with Gasteiger partial charge in [-0.25, -0.2) is 5.43 Å². The van der Waals surface area contributed by atoms with Crippen LogP contribution in [0.4, 0.5) is 5.69 Å². The lowest BCUT2D eigenvalue weighted by atomic mass is 10.2. The van der Waals surface area contributed by atoms with Crippen LogP contribution in [0.2, 0.25) is 0 Å². The molecule has 0 spiro atoms. The number of hydrogen-bond acceptors (Lipinski definition) is 5. The second-order valence-corrected chi connectivity index (χ2v) is 5.55. The summed E-state index contributed by atoms with van der Waals surface area (Å²) < 4.78 is 5.65. The van der Waals surface area contributed by atoms with Gasteiger partial charge in [-0.2, -0.15) is 5.10 Å². The molecule has 2 aromatic rings. The van der Waals surface area contributed by atoms with Gasteiger partial charge in [0.1, 0.15) is 5.75 Å². The van der Waals surface area contributed by atoms with Gasteiger partial charge in [0.25, 0.3) is 5.91 Å². The van der Waals surface area contributed by atoms with Gasteiger partial charge >= 0.3 is 0 Å². The summed E-state index contributed by atoms with van der Waals surface area (Å²) in [5.74, 6) is 0.580. The molecule has 0 aliphatic heterocycles. The fourth-order valence-corrected chi connectivity index (χ4v) is 2.06. The van der Waals surface area contributed by atoms with Crippen LogP contribution < -0.4 is 15.5 Å². The monoisotopic (exact) mass is 340 g/mol. The summed E-state index contributed by atoms with van der Waals surface area (Å²) in [7, 11) is 0. The number of hydrogen-bond donors (Lipinski definition) is 2. The van der Waals surface area contributed by atoms with Gasteiger partial charge in [-0.1, -0.05) is 19.4 Å². The molecule has 1 aromatic heterocycles. The molecule has 0 saturated carbocycles. The van der Waals surface area contributed by atoms with Gasteiger partial charge in [0.2, 0.25) is 0 Å². The van der Waals surface area contributed by atoms with Crippen LogP contribution in [-0.4, -0.2) is 29.8 Å². The normalized spacial score (nSPS) is 11.0. The molecule has 2 N–H and O–H groups in total. The van der Waals surface area contributed by atoms with E-state index < -0.39 is 0 Å². The number of rotatable bonds is 9. The van der Waals surface area contributed by atoms with E-state index in [0.717, 1.165) is 35.6 Å². The molecule has 0 aliphatic carbocycles. The lowest BCUT2D eigenvalue weighted by Crippen LogP contribution is -2.26. The van der Waals surface area contributed by atoms with Crippen LogP contribution in [0, 0.1) is 0 Å². The topological polar surface area (TPSA) is 75.6 Å². The number of carbonyl (C=O) groups excluding carboxylic acids is 1. The molecule has 0 aliphatic rings. The van der Waals surface area contributed by atoms with Crippen molar-refractivity contribution >= 4 is 17.3 Å². The van der Waals surface area contributed by atoms with Gasteiger partial charge in [-0.05, 0) is 37.6 Å². The summed E-state index contributed by atoms with van der Waals surface area (Å²) in [5, 5.41) is 7.17. The Morgan fingerprint density at radius 2 is 2.04 bits per heavy atom. The summed E-state index contributed by atoms with van der Waals surface area (Å²) in [6.45, 7) is 4.79. The highest BCUT2D eigenvalue weighted by Crippen LogP contribution is 2.17. The van der Waals surface area contributed by atoms with Crippen LogP contribution >= 0.6 is 0 Å². The predicted molar refractivity (Wildman–Crippen MR) is 99.9 cm³/mol. The lowest BCUT2D eigenvalue weighted by Gasteiger charge is -2.09. The molecule has 1 amide bonds. The molecule has 0 saturated heterocycles. The van der Waals surface area contributed by atoms with Gasteiger partial charge in [-0.15, -0.1) is 0 Å². The van der Waals surface area contributed by atoms with Crippen LogP contribution in [0.5, 0.6) is 5.75 Å². The number of amides is 1. The number of ether oxygens (including phenoxy) is 1. The van der Waals surface area contributed by atoms with Crippen LogP contribution in [0.3, 0.4) is 0 Å². The van der Waals surface area contributed by atoms with E-state index in [-0.39, 0.29) is 12.5 Å². The number of anilines is 1. The Morgan fingerprint density at radius 3 is 2.80 bits per heavy atom. The number of nitrogens with one attached hydrogen (secondary N) is 2. The number of hydrazone groups is 1. The van der Waals surface area contributed by atoms with Crippen molar-refractivity contribution < 1.29 is 9.53 Å². The number of unbranched alkanes of at least 4 members (excludes halogenated alkanes) is 1. The maximum Gasteiger partial charge on any atom is 0.259 e. The molecule has 0 unspecified atom stereocenters. The van der Waals surface area contributed by atoms with Gasteiger partial charge < -0.3 is 10.1 Å². The zero-order valence-corrected chi connectivity index (χ0v) is 14.7. The highest BCUT2D eigenvalue weighted by atomic mass is 16.5. The van der Waals surface area contributed by atoms with E-state index in [1.165, 1.54) is 0 Å². The Bertz CT molecular complexity index is 702. The molecular formula is C19H24N4O2. The number of benzene rings is 1. The third kappa shape index (κ3) is 6.63. The number of aromatic nitrogens is 1. The average molecular weight is 340 g/mol. The summed E-state index contributed by atoms with van der Waals surface area (Å²) in [6.07, 6.45) is 5.49. The van der Waals surface area contributed by atoms with Gasteiger partial charge in [0.15, 0.2) is 0 Å². The van der Waals surface area contributed by atoms with E-state index in [2.05, 4.69) is 27.8 Å². The molecule has 0 fully saturated rings. The number of pyridine rings is 1. The van der Waals surface area contributed by atoms with Crippen molar-refractivity contribution in [2.75, 3.05) is 18.5 Å². The van der Waals surface area contributed by atoms with Crippen molar-refractivity contribution in [3.63, 3.8) is 0 Å². The quantitative estimate of drug-likeness (QED) is 0.417. The minimum atomic E-state index is -0.217. The summed E-state index contributed by atoms with van der Waals surface area (Å²) in [5.41, 5.74) is 5.02. The lowest BCUT2D eigenvalue weighted by molar-refractivity contribution is -0.119. The third-order valence-corrected chi connectivity index (χ3v) is 3.50. The molecule has 0 atom stereocenters. The van der Waals surface area contributed by atoms with Crippen LogP contribution in [0.15, 0.2) is 53.9 Å². The van der Waals surface area contributed by atoms with Crippen molar-refractivity contribution in [1.82, 2.24) is 10.4 Å². The smallest absolute Gasteiger partial charge is 0.259 e. The van der Waals surface area contributed by atoms with Crippen LogP contribution in [-0.2, 0) is 4.79 Å². The van der Waals surface area contributed by atoms with Crippen molar-refractivity contribution in [1.29, 1.82) is 0 Å². The number of nitrogens with zero attached hydrogens (tertiary/aromatic N) is 2. The first-order chi connectivity index (χ1) is 12.2. The molecule has 25 heavy (non-hydrogen) atoms. The Labute approximate surface area is 148 Å². The molecule has 6 heteroatoms. The number of carbonyl (C=O) groups is 1. The maximum atomic E-state index is 11.9. The van der Waals surface area contributed by atoms with Crippen molar-refractivity contribution in [2.24, 2.45) is 5.10 Å². The van der Waals surface area contributed by atoms with E-state index in [1.54, 1.807) is 12.4 Å². The highest BCUT2D eigenvalue weighted by molar-refractivity contribution is 5.99. The highest BCUT2D eigenvalue weighted by Gasteiger charge is 2.02. The molecule has 6 nitrogen and oxygen atoms in total. The van der Waals surface area contributed by atoms with Gasteiger partial charge in [-0.3, -0.25) is 9.78 Å². The zero-order chi connectivity index (χ0) is 17.9. The molecule has 1 aromatic carbocycles. The Kier molecular flexibility index (Phi) is 7.43. The maximum absolute atomic E-state index is 11.9. The Hall–Kier alpha value is -2.89. The molecule has 2 rings (SSSR count). The zero-order valence-electron chi connectivity index (χ0n) is 14.7. The Balaban J connectivity index is 1.81. The van der Waals surface area contributed by atoms with Gasteiger partial charge in [0, 0.05) is 29.7 Å². The molecule has 1 heterocycles. The predicted octanol–water partition coefficient (Wildman–Crippen LogP) is 3.21. The minimum Gasteiger partial charge on any atom is -0.494 e. The first-order valence-corrected chi connectivity index (χ1v) is 8.39. The second kappa shape index (κ2) is 10.1. The van der Waals surface area contributed by atoms with Crippen molar-refractivity contribution in [2.45, 2.75) is 26.7 Å². The summed E-state index contributed by atoms with van der Waals surface area (Å²) in [4.78, 5) is 15.9. The van der Waals surface area contributed by atoms with E-state index >= 15 is 0 Å². The van der Waals surface area contributed by atoms with E-state index in [1.807, 2.05) is 43.3 Å². The fraction of sp³-hybridized carbons (Fsp3) is 0.316. The largest absolute Gasteiger partial charge is 0.494 e. The summed E-state index contributed by atoms with van der Waals surface area (Å²) in [6, 6.07) is 11.3. The first kappa shape index (κ1) is 18.4. The molecule has 0 bridgehead atoms. The Morgan fingerprint density at radius 1 is 1.24 bits per heavy atom. The second-order valence-electron chi connectivity index (χ2n) is 5.55. The average Bonchev–Trinajstić information content (AvgIpc) is 2.66. The standard InChI is InChI=1S/C19H24N4O2/c1-3-4-12-25-18-7-5-6-17(13-18)21-14-19(24)23-22-15(2)16-8-10-20-11-9-16/h5-11,13,21H,3-4,12,14H2,1-2H3,(H,23,24)/b22-15+. The minimum absolute atomic E-state index is 0.130. The van der Waals surface area contributed by atoms with Crippen molar-refractivity contribution in [3.8, 4) is 5.75 Å².